The van der Waals surface area contributed by atoms with E-state index in [0.717, 1.165) is 22.5 Å². The highest BCUT2D eigenvalue weighted by Crippen LogP contribution is 2.22. The molecule has 0 spiro atoms. The van der Waals surface area contributed by atoms with E-state index in [4.69, 9.17) is 10.5 Å². The molecule has 1 aromatic carbocycles. The van der Waals surface area contributed by atoms with Crippen molar-refractivity contribution in [2.45, 2.75) is 27.7 Å². The summed E-state index contributed by atoms with van der Waals surface area (Å²) in [6.45, 7) is 8.20. The Hall–Kier alpha value is -1.71. The van der Waals surface area contributed by atoms with Crippen LogP contribution in [-0.2, 0) is 4.74 Å². The van der Waals surface area contributed by atoms with E-state index in [9.17, 15) is 4.79 Å². The lowest BCUT2D eigenvalue weighted by Crippen LogP contribution is -2.17. The lowest BCUT2D eigenvalue weighted by atomic mass is 10.1. The third kappa shape index (κ3) is 3.98. The molecular weight excluding hydrogens is 216 g/mol. The number of anilines is 2. The van der Waals surface area contributed by atoms with Crippen molar-refractivity contribution in [1.29, 1.82) is 0 Å². The van der Waals surface area contributed by atoms with Crippen molar-refractivity contribution in [3.63, 3.8) is 0 Å². The fourth-order valence-corrected chi connectivity index (χ4v) is 1.36. The predicted octanol–water partition coefficient (Wildman–Crippen LogP) is 3.09. The number of carbonyl (C=O) groups excluding carboxylic acids is 1. The standard InChI is InChI=1S/C13H20N2O2/c1-8(2)7-17-13(16)15-12-6-9(3)11(14)5-10(12)4/h5-6,8H,7,14H2,1-4H3,(H,15,16). The molecule has 0 heterocycles. The molecule has 0 aromatic heterocycles. The van der Waals surface area contributed by atoms with Crippen LogP contribution in [0.1, 0.15) is 25.0 Å². The van der Waals surface area contributed by atoms with Gasteiger partial charge in [-0.2, -0.15) is 0 Å². The van der Waals surface area contributed by atoms with Crippen LogP contribution in [0.4, 0.5) is 16.2 Å². The maximum atomic E-state index is 11.5. The second kappa shape index (κ2) is 5.57. The molecule has 0 bridgehead atoms. The topological polar surface area (TPSA) is 64.3 Å². The van der Waals surface area contributed by atoms with Crippen molar-refractivity contribution < 1.29 is 9.53 Å². The maximum absolute atomic E-state index is 11.5. The van der Waals surface area contributed by atoms with E-state index >= 15 is 0 Å². The van der Waals surface area contributed by atoms with Crippen molar-refractivity contribution in [3.05, 3.63) is 23.3 Å². The summed E-state index contributed by atoms with van der Waals surface area (Å²) in [7, 11) is 0. The number of carbonyl (C=O) groups is 1. The van der Waals surface area contributed by atoms with Crippen LogP contribution in [-0.4, -0.2) is 12.7 Å². The minimum Gasteiger partial charge on any atom is -0.449 e. The molecule has 3 N–H and O–H groups in total. The average molecular weight is 236 g/mol. The first-order valence-corrected chi connectivity index (χ1v) is 5.70. The monoisotopic (exact) mass is 236 g/mol. The molecule has 0 aliphatic carbocycles. The Bertz CT molecular complexity index is 414. The molecule has 0 fully saturated rings. The SMILES string of the molecule is Cc1cc(NC(=O)OCC(C)C)c(C)cc1N. The molecular formula is C13H20N2O2. The first-order chi connectivity index (χ1) is 7.90. The lowest BCUT2D eigenvalue weighted by molar-refractivity contribution is 0.147. The molecule has 0 saturated heterocycles. The normalized spacial score (nSPS) is 10.4. The molecule has 0 aliphatic rings. The predicted molar refractivity (Wildman–Crippen MR) is 70.1 cm³/mol. The Kier molecular flexibility index (Phi) is 4.37. The summed E-state index contributed by atoms with van der Waals surface area (Å²) >= 11 is 0. The van der Waals surface area contributed by atoms with Crippen LogP contribution >= 0.6 is 0 Å². The van der Waals surface area contributed by atoms with Gasteiger partial charge in [-0.3, -0.25) is 5.32 Å². The molecule has 0 aliphatic heterocycles. The van der Waals surface area contributed by atoms with Crippen molar-refractivity contribution in [2.24, 2.45) is 5.92 Å². The maximum Gasteiger partial charge on any atom is 0.411 e. The largest absolute Gasteiger partial charge is 0.449 e. The molecule has 0 radical (unpaired) electrons. The van der Waals surface area contributed by atoms with Gasteiger partial charge >= 0.3 is 6.09 Å². The van der Waals surface area contributed by atoms with Crippen molar-refractivity contribution in [2.75, 3.05) is 17.7 Å². The van der Waals surface area contributed by atoms with E-state index < -0.39 is 6.09 Å². The van der Waals surface area contributed by atoms with Gasteiger partial charge in [0.25, 0.3) is 0 Å². The fourth-order valence-electron chi connectivity index (χ4n) is 1.36. The van der Waals surface area contributed by atoms with E-state index in [1.54, 1.807) is 0 Å². The summed E-state index contributed by atoms with van der Waals surface area (Å²) in [6.07, 6.45) is -0.425. The van der Waals surface area contributed by atoms with Crippen LogP contribution in [0.3, 0.4) is 0 Å². The molecule has 1 aromatic rings. The number of nitrogens with one attached hydrogen (secondary N) is 1. The quantitative estimate of drug-likeness (QED) is 0.793. The Labute approximate surface area is 102 Å². The molecule has 0 unspecified atom stereocenters. The number of aryl methyl sites for hydroxylation is 2. The number of rotatable bonds is 3. The molecule has 4 heteroatoms. The third-order valence-electron chi connectivity index (χ3n) is 2.40. The molecule has 1 rings (SSSR count). The van der Waals surface area contributed by atoms with Gasteiger partial charge in [-0.1, -0.05) is 13.8 Å². The van der Waals surface area contributed by atoms with Crippen LogP contribution in [0, 0.1) is 19.8 Å². The number of ether oxygens (including phenoxy) is 1. The summed E-state index contributed by atoms with van der Waals surface area (Å²) < 4.78 is 5.05. The summed E-state index contributed by atoms with van der Waals surface area (Å²) in [5.74, 6) is 0.329. The molecule has 4 nitrogen and oxygen atoms in total. The third-order valence-corrected chi connectivity index (χ3v) is 2.40. The van der Waals surface area contributed by atoms with Crippen molar-refractivity contribution in [1.82, 2.24) is 0 Å². The highest BCUT2D eigenvalue weighted by molar-refractivity contribution is 5.86. The van der Waals surface area contributed by atoms with Gasteiger partial charge in [-0.15, -0.1) is 0 Å². The minimum absolute atomic E-state index is 0.329. The van der Waals surface area contributed by atoms with E-state index in [-0.39, 0.29) is 0 Å². The van der Waals surface area contributed by atoms with Crippen LogP contribution in [0.15, 0.2) is 12.1 Å². The molecule has 1 amide bonds. The first-order valence-electron chi connectivity index (χ1n) is 5.70. The van der Waals surface area contributed by atoms with Gasteiger partial charge in [0, 0.05) is 11.4 Å². The van der Waals surface area contributed by atoms with Crippen molar-refractivity contribution >= 4 is 17.5 Å². The summed E-state index contributed by atoms with van der Waals surface area (Å²) in [5.41, 5.74) is 9.11. The second-order valence-corrected chi connectivity index (χ2v) is 4.64. The number of nitrogen functional groups attached to an aromatic ring is 1. The Balaban J connectivity index is 2.68. The van der Waals surface area contributed by atoms with Gasteiger partial charge in [0.05, 0.1) is 6.61 Å². The van der Waals surface area contributed by atoms with E-state index in [2.05, 4.69) is 5.32 Å². The zero-order valence-corrected chi connectivity index (χ0v) is 10.8. The zero-order chi connectivity index (χ0) is 13.0. The van der Waals surface area contributed by atoms with Gasteiger partial charge in [-0.25, -0.2) is 4.79 Å². The van der Waals surface area contributed by atoms with Gasteiger partial charge in [-0.05, 0) is 43.0 Å². The average Bonchev–Trinajstić information content (AvgIpc) is 2.23. The number of amides is 1. The Morgan fingerprint density at radius 3 is 2.59 bits per heavy atom. The fraction of sp³-hybridized carbons (Fsp3) is 0.462. The van der Waals surface area contributed by atoms with Crippen LogP contribution < -0.4 is 11.1 Å². The van der Waals surface area contributed by atoms with E-state index in [0.29, 0.717) is 12.5 Å². The number of hydrogen-bond acceptors (Lipinski definition) is 3. The van der Waals surface area contributed by atoms with Crippen LogP contribution in [0.5, 0.6) is 0 Å². The van der Waals surface area contributed by atoms with Gasteiger partial charge in [0.2, 0.25) is 0 Å². The second-order valence-electron chi connectivity index (χ2n) is 4.64. The zero-order valence-electron chi connectivity index (χ0n) is 10.8. The first kappa shape index (κ1) is 13.4. The van der Waals surface area contributed by atoms with Crippen LogP contribution in [0.2, 0.25) is 0 Å². The summed E-state index contributed by atoms with van der Waals surface area (Å²) in [6, 6.07) is 3.69. The van der Waals surface area contributed by atoms with Gasteiger partial charge in [0.1, 0.15) is 0 Å². The van der Waals surface area contributed by atoms with Crippen LogP contribution in [0.25, 0.3) is 0 Å². The summed E-state index contributed by atoms with van der Waals surface area (Å²) in [4.78, 5) is 11.5. The molecule has 94 valence electrons. The molecule has 17 heavy (non-hydrogen) atoms. The highest BCUT2D eigenvalue weighted by atomic mass is 16.5. The number of nitrogens with two attached hydrogens (primary N) is 1. The van der Waals surface area contributed by atoms with Gasteiger partial charge < -0.3 is 10.5 Å². The smallest absolute Gasteiger partial charge is 0.411 e. The van der Waals surface area contributed by atoms with Gasteiger partial charge in [0.15, 0.2) is 0 Å². The number of hydrogen-bond donors (Lipinski definition) is 2. The Morgan fingerprint density at radius 1 is 1.35 bits per heavy atom. The lowest BCUT2D eigenvalue weighted by Gasteiger charge is -2.12. The summed E-state index contributed by atoms with van der Waals surface area (Å²) in [5, 5.41) is 2.72. The van der Waals surface area contributed by atoms with E-state index in [1.165, 1.54) is 0 Å². The number of benzene rings is 1. The minimum atomic E-state index is -0.425. The van der Waals surface area contributed by atoms with Crippen molar-refractivity contribution in [3.8, 4) is 0 Å². The molecule has 0 atom stereocenters. The Morgan fingerprint density at radius 2 is 2.00 bits per heavy atom. The molecule has 0 saturated carbocycles. The highest BCUT2D eigenvalue weighted by Gasteiger charge is 2.08. The van der Waals surface area contributed by atoms with E-state index in [1.807, 2.05) is 39.8 Å².